The van der Waals surface area contributed by atoms with Gasteiger partial charge in [0.2, 0.25) is 0 Å². The molecule has 2 N–H and O–H groups in total. The third-order valence-corrected chi connectivity index (χ3v) is 6.33. The van der Waals surface area contributed by atoms with Gasteiger partial charge in [0.15, 0.2) is 0 Å². The number of nitrogens with zero attached hydrogens (tertiary/aromatic N) is 1. The molecule has 0 radical (unpaired) electrons. The fourth-order valence-corrected chi connectivity index (χ4v) is 4.59. The van der Waals surface area contributed by atoms with Crippen LogP contribution < -0.4 is 5.73 Å². The van der Waals surface area contributed by atoms with Crippen molar-refractivity contribution in [1.82, 2.24) is 4.90 Å². The Labute approximate surface area is 120 Å². The highest BCUT2D eigenvalue weighted by atomic mass is 15.2. The van der Waals surface area contributed by atoms with E-state index >= 15 is 0 Å². The molecule has 19 heavy (non-hydrogen) atoms. The molecular formula is C17H34N2. The van der Waals surface area contributed by atoms with Gasteiger partial charge in [-0.05, 0) is 56.3 Å². The Bertz CT molecular complexity index is 304. The summed E-state index contributed by atoms with van der Waals surface area (Å²) in [6.45, 7) is 14.2. The Balaban J connectivity index is 2.20. The van der Waals surface area contributed by atoms with Crippen LogP contribution in [0.3, 0.4) is 0 Å². The summed E-state index contributed by atoms with van der Waals surface area (Å²) in [5.41, 5.74) is 6.57. The average molecular weight is 266 g/mol. The monoisotopic (exact) mass is 266 g/mol. The van der Waals surface area contributed by atoms with Crippen LogP contribution in [0.4, 0.5) is 0 Å². The SMILES string of the molecule is CC1CC(C)C(C)N(C2(CN)CCC(C)C(C)C2)C1. The molecular weight excluding hydrogens is 232 g/mol. The van der Waals surface area contributed by atoms with Gasteiger partial charge in [0, 0.05) is 24.7 Å². The smallest absolute Gasteiger partial charge is 0.0337 e. The van der Waals surface area contributed by atoms with Crippen LogP contribution in [0.1, 0.15) is 60.3 Å². The van der Waals surface area contributed by atoms with Crippen LogP contribution in [0.25, 0.3) is 0 Å². The molecule has 1 saturated carbocycles. The third kappa shape index (κ3) is 2.85. The first kappa shape index (κ1) is 15.3. The number of hydrogen-bond donors (Lipinski definition) is 1. The Morgan fingerprint density at radius 2 is 1.74 bits per heavy atom. The van der Waals surface area contributed by atoms with Crippen LogP contribution in [-0.4, -0.2) is 29.6 Å². The number of rotatable bonds is 2. The fraction of sp³-hybridized carbons (Fsp3) is 1.00. The van der Waals surface area contributed by atoms with Crippen molar-refractivity contribution in [2.24, 2.45) is 29.4 Å². The lowest BCUT2D eigenvalue weighted by atomic mass is 9.68. The maximum atomic E-state index is 6.29. The van der Waals surface area contributed by atoms with E-state index in [1.165, 1.54) is 32.2 Å². The minimum atomic E-state index is 0.286. The van der Waals surface area contributed by atoms with E-state index < -0.39 is 0 Å². The highest BCUT2D eigenvalue weighted by Crippen LogP contribution is 2.43. The molecule has 2 nitrogen and oxygen atoms in total. The second kappa shape index (κ2) is 5.73. The van der Waals surface area contributed by atoms with Crippen molar-refractivity contribution >= 4 is 0 Å². The summed E-state index contributed by atoms with van der Waals surface area (Å²) in [6, 6.07) is 0.695. The van der Waals surface area contributed by atoms with Gasteiger partial charge in [-0.15, -0.1) is 0 Å². The maximum Gasteiger partial charge on any atom is 0.0337 e. The molecule has 1 aliphatic heterocycles. The molecule has 1 saturated heterocycles. The van der Waals surface area contributed by atoms with E-state index in [-0.39, 0.29) is 5.54 Å². The minimum Gasteiger partial charge on any atom is -0.329 e. The highest BCUT2D eigenvalue weighted by Gasteiger charge is 2.45. The number of likely N-dealkylation sites (tertiary alicyclic amines) is 1. The normalized spacial score (nSPS) is 49.3. The van der Waals surface area contributed by atoms with Gasteiger partial charge in [0.25, 0.3) is 0 Å². The third-order valence-electron chi connectivity index (χ3n) is 6.33. The van der Waals surface area contributed by atoms with Gasteiger partial charge in [0.1, 0.15) is 0 Å². The van der Waals surface area contributed by atoms with Gasteiger partial charge < -0.3 is 5.73 Å². The zero-order valence-corrected chi connectivity index (χ0v) is 13.7. The summed E-state index contributed by atoms with van der Waals surface area (Å²) in [6.07, 6.45) is 5.34. The molecule has 2 aliphatic rings. The Kier molecular flexibility index (Phi) is 4.62. The lowest BCUT2D eigenvalue weighted by molar-refractivity contribution is -0.0524. The van der Waals surface area contributed by atoms with Crippen molar-refractivity contribution in [3.05, 3.63) is 0 Å². The van der Waals surface area contributed by atoms with Gasteiger partial charge in [0.05, 0.1) is 0 Å². The van der Waals surface area contributed by atoms with E-state index in [0.29, 0.717) is 6.04 Å². The molecule has 0 aromatic heterocycles. The van der Waals surface area contributed by atoms with Crippen molar-refractivity contribution in [3.63, 3.8) is 0 Å². The van der Waals surface area contributed by atoms with Gasteiger partial charge >= 0.3 is 0 Å². The Morgan fingerprint density at radius 1 is 1.05 bits per heavy atom. The van der Waals surface area contributed by atoms with E-state index in [1.807, 2.05) is 0 Å². The lowest BCUT2D eigenvalue weighted by Crippen LogP contribution is -2.63. The van der Waals surface area contributed by atoms with Crippen molar-refractivity contribution in [2.45, 2.75) is 71.9 Å². The fourth-order valence-electron chi connectivity index (χ4n) is 4.59. The van der Waals surface area contributed by atoms with Crippen molar-refractivity contribution in [2.75, 3.05) is 13.1 Å². The summed E-state index contributed by atoms with van der Waals surface area (Å²) < 4.78 is 0. The standard InChI is InChI=1S/C17H34N2/c1-12-8-14(3)16(5)19(10-12)17(11-18)7-6-13(2)15(4)9-17/h12-16H,6-11,18H2,1-5H3. The lowest BCUT2D eigenvalue weighted by Gasteiger charge is -2.55. The summed E-state index contributed by atoms with van der Waals surface area (Å²) in [7, 11) is 0. The van der Waals surface area contributed by atoms with Gasteiger partial charge in [-0.3, -0.25) is 4.90 Å². The number of piperidine rings is 1. The molecule has 6 unspecified atom stereocenters. The van der Waals surface area contributed by atoms with Crippen molar-refractivity contribution < 1.29 is 0 Å². The predicted molar refractivity (Wildman–Crippen MR) is 83.1 cm³/mol. The van der Waals surface area contributed by atoms with Gasteiger partial charge in [-0.1, -0.05) is 27.7 Å². The topological polar surface area (TPSA) is 29.3 Å². The molecule has 0 amide bonds. The van der Waals surface area contributed by atoms with Gasteiger partial charge in [-0.2, -0.15) is 0 Å². The van der Waals surface area contributed by atoms with Crippen molar-refractivity contribution in [1.29, 1.82) is 0 Å². The summed E-state index contributed by atoms with van der Waals surface area (Å²) in [4.78, 5) is 2.80. The second-order valence-electron chi connectivity index (χ2n) is 7.84. The van der Waals surface area contributed by atoms with Crippen LogP contribution in [0.15, 0.2) is 0 Å². The molecule has 0 aromatic rings. The first-order chi connectivity index (χ1) is 8.89. The predicted octanol–water partition coefficient (Wildman–Crippen LogP) is 3.51. The van der Waals surface area contributed by atoms with Gasteiger partial charge in [-0.25, -0.2) is 0 Å². The van der Waals surface area contributed by atoms with E-state index in [4.69, 9.17) is 5.73 Å². The molecule has 2 heteroatoms. The zero-order chi connectivity index (χ0) is 14.2. The van der Waals surface area contributed by atoms with E-state index in [9.17, 15) is 0 Å². The molecule has 1 aliphatic carbocycles. The largest absolute Gasteiger partial charge is 0.329 e. The molecule has 2 fully saturated rings. The average Bonchev–Trinajstić information content (AvgIpc) is 2.37. The summed E-state index contributed by atoms with van der Waals surface area (Å²) >= 11 is 0. The molecule has 0 bridgehead atoms. The van der Waals surface area contributed by atoms with Crippen LogP contribution >= 0.6 is 0 Å². The first-order valence-corrected chi connectivity index (χ1v) is 8.36. The second-order valence-corrected chi connectivity index (χ2v) is 7.84. The zero-order valence-electron chi connectivity index (χ0n) is 13.7. The molecule has 6 atom stereocenters. The van der Waals surface area contributed by atoms with Crippen LogP contribution in [0.5, 0.6) is 0 Å². The van der Waals surface area contributed by atoms with E-state index in [0.717, 1.165) is 30.2 Å². The quantitative estimate of drug-likeness (QED) is 0.829. The van der Waals surface area contributed by atoms with Crippen molar-refractivity contribution in [3.8, 4) is 0 Å². The minimum absolute atomic E-state index is 0.286. The summed E-state index contributed by atoms with van der Waals surface area (Å²) in [5.74, 6) is 3.32. The van der Waals surface area contributed by atoms with E-state index in [1.54, 1.807) is 0 Å². The highest BCUT2D eigenvalue weighted by molar-refractivity contribution is 5.01. The number of hydrogen-bond acceptors (Lipinski definition) is 2. The summed E-state index contributed by atoms with van der Waals surface area (Å²) in [5, 5.41) is 0. The Hall–Kier alpha value is -0.0800. The molecule has 0 aromatic carbocycles. The van der Waals surface area contributed by atoms with Crippen LogP contribution in [-0.2, 0) is 0 Å². The Morgan fingerprint density at radius 3 is 2.32 bits per heavy atom. The van der Waals surface area contributed by atoms with Crippen LogP contribution in [0.2, 0.25) is 0 Å². The number of nitrogens with two attached hydrogens (primary N) is 1. The molecule has 1 heterocycles. The van der Waals surface area contributed by atoms with E-state index in [2.05, 4.69) is 39.5 Å². The molecule has 0 spiro atoms. The molecule has 112 valence electrons. The molecule has 2 rings (SSSR count). The maximum absolute atomic E-state index is 6.29. The first-order valence-electron chi connectivity index (χ1n) is 8.36. The van der Waals surface area contributed by atoms with Crippen LogP contribution in [0, 0.1) is 23.7 Å².